The van der Waals surface area contributed by atoms with Crippen LogP contribution in [0.2, 0.25) is 0 Å². The molecule has 1 amide bonds. The summed E-state index contributed by atoms with van der Waals surface area (Å²) in [7, 11) is 0. The molecule has 0 fully saturated rings. The third-order valence-electron chi connectivity index (χ3n) is 2.46. The first-order valence-corrected chi connectivity index (χ1v) is 7.66. The van der Waals surface area contributed by atoms with E-state index >= 15 is 0 Å². The lowest BCUT2D eigenvalue weighted by atomic mass is 10.2. The Morgan fingerprint density at radius 3 is 2.56 bits per heavy atom. The van der Waals surface area contributed by atoms with Gasteiger partial charge in [0.2, 0.25) is 5.91 Å². The van der Waals surface area contributed by atoms with Gasteiger partial charge in [0.15, 0.2) is 0 Å². The second-order valence-electron chi connectivity index (χ2n) is 4.00. The number of nitrogens with two attached hydrogens (primary N) is 1. The van der Waals surface area contributed by atoms with Gasteiger partial charge < -0.3 is 11.1 Å². The van der Waals surface area contributed by atoms with Crippen molar-refractivity contribution in [3.05, 3.63) is 0 Å². The molecule has 0 saturated heterocycles. The Balaban J connectivity index is 3.09. The van der Waals surface area contributed by atoms with Crippen LogP contribution in [0.5, 0.6) is 0 Å². The van der Waals surface area contributed by atoms with Gasteiger partial charge >= 0.3 is 0 Å². The van der Waals surface area contributed by atoms with Gasteiger partial charge in [0.1, 0.15) is 0 Å². The average molecular weight is 246 g/mol. The van der Waals surface area contributed by atoms with Gasteiger partial charge in [-0.15, -0.1) is 0 Å². The lowest BCUT2D eigenvalue weighted by Crippen LogP contribution is -2.24. The lowest BCUT2D eigenvalue weighted by Gasteiger charge is -2.04. The molecule has 0 saturated carbocycles. The summed E-state index contributed by atoms with van der Waals surface area (Å²) < 4.78 is 0. The standard InChI is InChI=1S/C12H26N2OS/c1-16-11-7-3-2-6-10-14-12(15)8-4-5-9-13/h2-11,13H2,1H3,(H,14,15). The van der Waals surface area contributed by atoms with Gasteiger partial charge in [0, 0.05) is 13.0 Å². The summed E-state index contributed by atoms with van der Waals surface area (Å²) in [6, 6.07) is 0. The number of unbranched alkanes of at least 4 members (excludes halogenated alkanes) is 4. The van der Waals surface area contributed by atoms with Crippen molar-refractivity contribution in [1.29, 1.82) is 0 Å². The van der Waals surface area contributed by atoms with Gasteiger partial charge in [-0.3, -0.25) is 4.79 Å². The molecule has 0 aliphatic carbocycles. The molecule has 0 aromatic heterocycles. The smallest absolute Gasteiger partial charge is 0.219 e. The van der Waals surface area contributed by atoms with E-state index in [-0.39, 0.29) is 5.91 Å². The maximum atomic E-state index is 11.3. The molecule has 0 heterocycles. The van der Waals surface area contributed by atoms with E-state index in [0.717, 1.165) is 25.8 Å². The quantitative estimate of drug-likeness (QED) is 0.549. The summed E-state index contributed by atoms with van der Waals surface area (Å²) in [5.41, 5.74) is 5.36. The highest BCUT2D eigenvalue weighted by Crippen LogP contribution is 2.04. The number of rotatable bonds is 11. The molecule has 0 bridgehead atoms. The van der Waals surface area contributed by atoms with Crippen LogP contribution in [-0.2, 0) is 4.79 Å². The predicted octanol–water partition coefficient (Wildman–Crippen LogP) is 2.16. The molecule has 4 heteroatoms. The molecule has 0 aromatic rings. The number of carbonyl (C=O) groups excluding carboxylic acids is 1. The first-order chi connectivity index (χ1) is 7.81. The highest BCUT2D eigenvalue weighted by Gasteiger charge is 1.99. The third-order valence-corrected chi connectivity index (χ3v) is 3.15. The first kappa shape index (κ1) is 15.8. The molecule has 0 unspecified atom stereocenters. The van der Waals surface area contributed by atoms with E-state index in [4.69, 9.17) is 5.73 Å². The summed E-state index contributed by atoms with van der Waals surface area (Å²) in [6.07, 6.45) is 9.54. The lowest BCUT2D eigenvalue weighted by molar-refractivity contribution is -0.121. The van der Waals surface area contributed by atoms with E-state index in [1.165, 1.54) is 25.0 Å². The van der Waals surface area contributed by atoms with Crippen molar-refractivity contribution >= 4 is 17.7 Å². The highest BCUT2D eigenvalue weighted by molar-refractivity contribution is 7.98. The molecule has 0 rings (SSSR count). The SMILES string of the molecule is CSCCCCCCNC(=O)CCCCN. The number of hydrogen-bond acceptors (Lipinski definition) is 3. The van der Waals surface area contributed by atoms with Gasteiger partial charge in [-0.2, -0.15) is 11.8 Å². The first-order valence-electron chi connectivity index (χ1n) is 6.27. The largest absolute Gasteiger partial charge is 0.356 e. The second-order valence-corrected chi connectivity index (χ2v) is 4.99. The molecule has 0 aliphatic heterocycles. The second kappa shape index (κ2) is 12.8. The summed E-state index contributed by atoms with van der Waals surface area (Å²) in [5, 5.41) is 2.95. The van der Waals surface area contributed by atoms with Crippen LogP contribution >= 0.6 is 11.8 Å². The number of amides is 1. The third kappa shape index (κ3) is 11.9. The Bertz CT molecular complexity index is 165. The Hall–Kier alpha value is -0.220. The van der Waals surface area contributed by atoms with Crippen molar-refractivity contribution in [1.82, 2.24) is 5.32 Å². The number of carbonyl (C=O) groups is 1. The molecule has 0 radical (unpaired) electrons. The molecule has 96 valence electrons. The highest BCUT2D eigenvalue weighted by atomic mass is 32.2. The molecule has 0 aromatic carbocycles. The van der Waals surface area contributed by atoms with Crippen LogP contribution in [0, 0.1) is 0 Å². The minimum atomic E-state index is 0.178. The van der Waals surface area contributed by atoms with Crippen LogP contribution in [0.4, 0.5) is 0 Å². The summed E-state index contributed by atoms with van der Waals surface area (Å²) in [6.45, 7) is 1.52. The zero-order valence-corrected chi connectivity index (χ0v) is 11.3. The average Bonchev–Trinajstić information content (AvgIpc) is 2.28. The fourth-order valence-electron chi connectivity index (χ4n) is 1.47. The van der Waals surface area contributed by atoms with Crippen molar-refractivity contribution in [2.45, 2.75) is 44.9 Å². The Labute approximate surface area is 104 Å². The topological polar surface area (TPSA) is 55.1 Å². The monoisotopic (exact) mass is 246 g/mol. The van der Waals surface area contributed by atoms with Crippen molar-refractivity contribution in [2.75, 3.05) is 25.1 Å². The molecule has 16 heavy (non-hydrogen) atoms. The fourth-order valence-corrected chi connectivity index (χ4v) is 1.96. The Kier molecular flexibility index (Phi) is 12.7. The van der Waals surface area contributed by atoms with Gasteiger partial charge in [-0.1, -0.05) is 12.8 Å². The number of nitrogens with one attached hydrogen (secondary N) is 1. The van der Waals surface area contributed by atoms with Gasteiger partial charge in [-0.25, -0.2) is 0 Å². The minimum Gasteiger partial charge on any atom is -0.356 e. The van der Waals surface area contributed by atoms with Crippen LogP contribution < -0.4 is 11.1 Å². The Morgan fingerprint density at radius 1 is 1.12 bits per heavy atom. The zero-order chi connectivity index (χ0) is 12.1. The van der Waals surface area contributed by atoms with Crippen molar-refractivity contribution in [3.63, 3.8) is 0 Å². The summed E-state index contributed by atoms with van der Waals surface area (Å²) in [5.74, 6) is 1.43. The molecular formula is C12H26N2OS. The normalized spacial score (nSPS) is 10.4. The van der Waals surface area contributed by atoms with E-state index < -0.39 is 0 Å². The molecule has 3 nitrogen and oxygen atoms in total. The molecule has 0 atom stereocenters. The number of thioether (sulfide) groups is 1. The Morgan fingerprint density at radius 2 is 1.88 bits per heavy atom. The maximum Gasteiger partial charge on any atom is 0.219 e. The van der Waals surface area contributed by atoms with Gasteiger partial charge in [-0.05, 0) is 44.2 Å². The van der Waals surface area contributed by atoms with E-state index in [1.807, 2.05) is 11.8 Å². The fraction of sp³-hybridized carbons (Fsp3) is 0.917. The van der Waals surface area contributed by atoms with E-state index in [1.54, 1.807) is 0 Å². The van der Waals surface area contributed by atoms with E-state index in [0.29, 0.717) is 13.0 Å². The van der Waals surface area contributed by atoms with Crippen molar-refractivity contribution in [3.8, 4) is 0 Å². The zero-order valence-electron chi connectivity index (χ0n) is 10.5. The van der Waals surface area contributed by atoms with Crippen molar-refractivity contribution in [2.24, 2.45) is 5.73 Å². The van der Waals surface area contributed by atoms with Crippen LogP contribution in [0.25, 0.3) is 0 Å². The maximum absolute atomic E-state index is 11.3. The van der Waals surface area contributed by atoms with E-state index in [2.05, 4.69) is 11.6 Å². The predicted molar refractivity (Wildman–Crippen MR) is 72.8 cm³/mol. The molecule has 0 aliphatic rings. The van der Waals surface area contributed by atoms with Crippen LogP contribution in [0.1, 0.15) is 44.9 Å². The molecule has 0 spiro atoms. The molecule has 3 N–H and O–H groups in total. The van der Waals surface area contributed by atoms with Crippen LogP contribution in [-0.4, -0.2) is 31.0 Å². The summed E-state index contributed by atoms with van der Waals surface area (Å²) in [4.78, 5) is 11.3. The summed E-state index contributed by atoms with van der Waals surface area (Å²) >= 11 is 1.90. The molecular weight excluding hydrogens is 220 g/mol. The number of hydrogen-bond donors (Lipinski definition) is 2. The van der Waals surface area contributed by atoms with Crippen molar-refractivity contribution < 1.29 is 4.79 Å². The van der Waals surface area contributed by atoms with E-state index in [9.17, 15) is 4.79 Å². The van der Waals surface area contributed by atoms with Gasteiger partial charge in [0.05, 0.1) is 0 Å². The van der Waals surface area contributed by atoms with Crippen LogP contribution in [0.3, 0.4) is 0 Å². The minimum absolute atomic E-state index is 0.178. The van der Waals surface area contributed by atoms with Crippen LogP contribution in [0.15, 0.2) is 0 Å². The van der Waals surface area contributed by atoms with Gasteiger partial charge in [0.25, 0.3) is 0 Å².